The minimum atomic E-state index is -4.55. The number of carbonyl (C=O) groups is 1. The molecule has 0 spiro atoms. The predicted octanol–water partition coefficient (Wildman–Crippen LogP) is 4.91. The molecule has 0 radical (unpaired) electrons. The van der Waals surface area contributed by atoms with Crippen LogP contribution in [0, 0.1) is 5.82 Å². The number of carboxylic acids is 1. The molecule has 0 aliphatic heterocycles. The van der Waals surface area contributed by atoms with Crippen molar-refractivity contribution >= 4 is 28.5 Å². The van der Waals surface area contributed by atoms with E-state index < -0.39 is 23.5 Å². The van der Waals surface area contributed by atoms with Crippen molar-refractivity contribution in [2.24, 2.45) is 0 Å². The van der Waals surface area contributed by atoms with Crippen molar-refractivity contribution in [3.63, 3.8) is 0 Å². The van der Waals surface area contributed by atoms with E-state index >= 15 is 0 Å². The van der Waals surface area contributed by atoms with E-state index in [1.807, 2.05) is 0 Å². The van der Waals surface area contributed by atoms with Gasteiger partial charge in [-0.2, -0.15) is 18.3 Å². The monoisotopic (exact) mass is 400 g/mol. The Morgan fingerprint density at radius 2 is 1.93 bits per heavy atom. The van der Waals surface area contributed by atoms with Crippen molar-refractivity contribution in [2.45, 2.75) is 25.6 Å². The zero-order valence-corrected chi connectivity index (χ0v) is 14.5. The molecular formula is C18H13ClF4N2O2. The number of fused-ring (bicyclic) bond motifs is 1. The lowest BCUT2D eigenvalue weighted by molar-refractivity contribution is -0.138. The summed E-state index contributed by atoms with van der Waals surface area (Å²) in [5, 5.41) is 13.7. The van der Waals surface area contributed by atoms with Gasteiger partial charge < -0.3 is 5.11 Å². The maximum atomic E-state index is 14.1. The molecule has 0 saturated heterocycles. The van der Waals surface area contributed by atoms with Crippen LogP contribution in [0.3, 0.4) is 0 Å². The van der Waals surface area contributed by atoms with Gasteiger partial charge in [-0.1, -0.05) is 23.7 Å². The van der Waals surface area contributed by atoms with Gasteiger partial charge in [-0.05, 0) is 24.3 Å². The highest BCUT2D eigenvalue weighted by Gasteiger charge is 2.31. The molecule has 27 heavy (non-hydrogen) atoms. The largest absolute Gasteiger partial charge is 0.481 e. The molecule has 2 aromatic carbocycles. The Bertz CT molecular complexity index is 1010. The molecule has 1 aromatic heterocycles. The minimum absolute atomic E-state index is 0.0489. The standard InChI is InChI=1S/C18H13ClF4N2O2/c19-12-3-1-10(14(20)8-12)9-25-16-7-11(18(21,22)23)2-4-13(16)15(24-25)5-6-17(26)27/h1-4,7-8H,5-6,9H2,(H,26,27). The number of rotatable bonds is 5. The lowest BCUT2D eigenvalue weighted by atomic mass is 10.1. The summed E-state index contributed by atoms with van der Waals surface area (Å²) in [5.41, 5.74) is -0.168. The number of benzene rings is 2. The molecule has 3 rings (SSSR count). The first kappa shape index (κ1) is 19.2. The third-order valence-electron chi connectivity index (χ3n) is 4.07. The van der Waals surface area contributed by atoms with E-state index in [1.165, 1.54) is 22.9 Å². The summed E-state index contributed by atoms with van der Waals surface area (Å²) in [7, 11) is 0. The number of aliphatic carboxylic acids is 1. The minimum Gasteiger partial charge on any atom is -0.481 e. The van der Waals surface area contributed by atoms with Crippen LogP contribution in [0.1, 0.15) is 23.2 Å². The van der Waals surface area contributed by atoms with Crippen LogP contribution in [0.15, 0.2) is 36.4 Å². The van der Waals surface area contributed by atoms with E-state index in [1.54, 1.807) is 0 Å². The molecule has 0 fully saturated rings. The molecule has 0 atom stereocenters. The van der Waals surface area contributed by atoms with E-state index in [9.17, 15) is 22.4 Å². The van der Waals surface area contributed by atoms with E-state index in [0.717, 1.165) is 18.2 Å². The van der Waals surface area contributed by atoms with Crippen molar-refractivity contribution < 1.29 is 27.5 Å². The van der Waals surface area contributed by atoms with Crippen LogP contribution in [-0.2, 0) is 23.9 Å². The second-order valence-corrected chi connectivity index (χ2v) is 6.40. The van der Waals surface area contributed by atoms with Gasteiger partial charge in [0, 0.05) is 22.4 Å². The van der Waals surface area contributed by atoms with Crippen molar-refractivity contribution in [1.82, 2.24) is 9.78 Å². The van der Waals surface area contributed by atoms with Crippen LogP contribution in [-0.4, -0.2) is 20.9 Å². The van der Waals surface area contributed by atoms with Gasteiger partial charge in [-0.3, -0.25) is 9.48 Å². The average molecular weight is 401 g/mol. The van der Waals surface area contributed by atoms with Gasteiger partial charge in [0.2, 0.25) is 0 Å². The molecule has 0 aliphatic rings. The lowest BCUT2D eigenvalue weighted by Gasteiger charge is -2.09. The molecule has 0 saturated carbocycles. The molecule has 9 heteroatoms. The van der Waals surface area contributed by atoms with Crippen LogP contribution in [0.2, 0.25) is 5.02 Å². The summed E-state index contributed by atoms with van der Waals surface area (Å²) < 4.78 is 54.5. The molecule has 1 N–H and O–H groups in total. The van der Waals surface area contributed by atoms with E-state index in [-0.39, 0.29) is 35.5 Å². The molecule has 1 heterocycles. The Balaban J connectivity index is 2.09. The van der Waals surface area contributed by atoms with Crippen LogP contribution in [0.25, 0.3) is 10.9 Å². The van der Waals surface area contributed by atoms with E-state index in [0.29, 0.717) is 11.1 Å². The summed E-state index contributed by atoms with van der Waals surface area (Å²) >= 11 is 5.72. The zero-order chi connectivity index (χ0) is 19.8. The van der Waals surface area contributed by atoms with E-state index in [4.69, 9.17) is 16.7 Å². The zero-order valence-electron chi connectivity index (χ0n) is 13.7. The Morgan fingerprint density at radius 3 is 2.56 bits per heavy atom. The maximum absolute atomic E-state index is 14.1. The highest BCUT2D eigenvalue weighted by atomic mass is 35.5. The van der Waals surface area contributed by atoms with Crippen molar-refractivity contribution in [1.29, 1.82) is 0 Å². The Morgan fingerprint density at radius 1 is 1.19 bits per heavy atom. The average Bonchev–Trinajstić information content (AvgIpc) is 2.92. The number of alkyl halides is 3. The molecule has 3 aromatic rings. The maximum Gasteiger partial charge on any atom is 0.416 e. The topological polar surface area (TPSA) is 55.1 Å². The molecule has 0 unspecified atom stereocenters. The third-order valence-corrected chi connectivity index (χ3v) is 4.30. The van der Waals surface area contributed by atoms with Gasteiger partial charge in [0.25, 0.3) is 0 Å². The van der Waals surface area contributed by atoms with Gasteiger partial charge in [-0.15, -0.1) is 0 Å². The second-order valence-electron chi connectivity index (χ2n) is 5.96. The van der Waals surface area contributed by atoms with Gasteiger partial charge in [0.1, 0.15) is 5.82 Å². The normalized spacial score (nSPS) is 11.9. The summed E-state index contributed by atoms with van der Waals surface area (Å²) in [6.07, 6.45) is -4.72. The fourth-order valence-corrected chi connectivity index (χ4v) is 2.92. The second kappa shape index (κ2) is 7.19. The van der Waals surface area contributed by atoms with Gasteiger partial charge in [-0.25, -0.2) is 4.39 Å². The Labute approximate surface area is 156 Å². The fourth-order valence-electron chi connectivity index (χ4n) is 2.76. The van der Waals surface area contributed by atoms with Gasteiger partial charge in [0.05, 0.1) is 29.7 Å². The lowest BCUT2D eigenvalue weighted by Crippen LogP contribution is -2.07. The molecule has 0 bridgehead atoms. The first-order valence-electron chi connectivity index (χ1n) is 7.87. The van der Waals surface area contributed by atoms with Crippen molar-refractivity contribution in [3.05, 3.63) is 64.1 Å². The van der Waals surface area contributed by atoms with E-state index in [2.05, 4.69) is 5.10 Å². The Kier molecular flexibility index (Phi) is 5.10. The van der Waals surface area contributed by atoms with Crippen molar-refractivity contribution in [3.8, 4) is 0 Å². The third kappa shape index (κ3) is 4.21. The number of halogens is 5. The number of carboxylic acid groups (broad SMARTS) is 1. The number of aryl methyl sites for hydroxylation is 1. The summed E-state index contributed by atoms with van der Waals surface area (Å²) in [6.45, 7) is -0.117. The number of aromatic nitrogens is 2. The smallest absolute Gasteiger partial charge is 0.416 e. The quantitative estimate of drug-likeness (QED) is 0.619. The molecule has 4 nitrogen and oxygen atoms in total. The predicted molar refractivity (Wildman–Crippen MR) is 91.2 cm³/mol. The number of hydrogen-bond donors (Lipinski definition) is 1. The van der Waals surface area contributed by atoms with Crippen LogP contribution in [0.4, 0.5) is 17.6 Å². The van der Waals surface area contributed by atoms with Crippen LogP contribution < -0.4 is 0 Å². The molecule has 0 amide bonds. The molecular weight excluding hydrogens is 388 g/mol. The molecule has 142 valence electrons. The highest BCUT2D eigenvalue weighted by molar-refractivity contribution is 6.30. The summed E-state index contributed by atoms with van der Waals surface area (Å²) in [5.74, 6) is -1.65. The summed E-state index contributed by atoms with van der Waals surface area (Å²) in [6, 6.07) is 7.11. The SMILES string of the molecule is O=C(O)CCc1nn(Cc2ccc(Cl)cc2F)c2cc(C(F)(F)F)ccc12. The molecule has 0 aliphatic carbocycles. The number of nitrogens with zero attached hydrogens (tertiary/aromatic N) is 2. The van der Waals surface area contributed by atoms with Crippen LogP contribution in [0.5, 0.6) is 0 Å². The summed E-state index contributed by atoms with van der Waals surface area (Å²) in [4.78, 5) is 10.8. The van der Waals surface area contributed by atoms with Crippen molar-refractivity contribution in [2.75, 3.05) is 0 Å². The van der Waals surface area contributed by atoms with Gasteiger partial charge >= 0.3 is 12.1 Å². The van der Waals surface area contributed by atoms with Crippen LogP contribution >= 0.6 is 11.6 Å². The van der Waals surface area contributed by atoms with Gasteiger partial charge in [0.15, 0.2) is 0 Å². The fraction of sp³-hybridized carbons (Fsp3) is 0.222. The highest BCUT2D eigenvalue weighted by Crippen LogP contribution is 2.33. The first-order chi connectivity index (χ1) is 12.6. The first-order valence-corrected chi connectivity index (χ1v) is 8.25. The Hall–Kier alpha value is -2.61. The number of hydrogen-bond acceptors (Lipinski definition) is 2.